The topological polar surface area (TPSA) is 100 Å². The molecule has 0 atom stereocenters. The maximum atomic E-state index is 12.9. The Bertz CT molecular complexity index is 1210. The van der Waals surface area contributed by atoms with Crippen LogP contribution in [0.25, 0.3) is 0 Å². The first kappa shape index (κ1) is 23.2. The number of hydrogen-bond acceptors (Lipinski definition) is 5. The van der Waals surface area contributed by atoms with Crippen molar-refractivity contribution in [2.45, 2.75) is 17.6 Å². The summed E-state index contributed by atoms with van der Waals surface area (Å²) in [5.74, 6) is -0.403. The number of aromatic nitrogens is 1. The van der Waals surface area contributed by atoms with E-state index in [1.165, 1.54) is 49.6 Å². The van der Waals surface area contributed by atoms with Gasteiger partial charge in [-0.2, -0.15) is 13.2 Å². The monoisotopic (exact) mass is 464 g/mol. The molecule has 0 bridgehead atoms. The van der Waals surface area contributed by atoms with Gasteiger partial charge in [-0.1, -0.05) is 18.2 Å². The van der Waals surface area contributed by atoms with Gasteiger partial charge in [-0.3, -0.25) is 4.79 Å². The Balaban J connectivity index is 1.72. The lowest BCUT2D eigenvalue weighted by Gasteiger charge is -2.13. The Kier molecular flexibility index (Phi) is 6.80. The molecule has 1 amide bonds. The van der Waals surface area contributed by atoms with E-state index in [2.05, 4.69) is 20.3 Å². The number of hydrogen-bond donors (Lipinski definition) is 3. The van der Waals surface area contributed by atoms with Crippen molar-refractivity contribution in [3.63, 3.8) is 0 Å². The highest BCUT2D eigenvalue weighted by molar-refractivity contribution is 7.89. The van der Waals surface area contributed by atoms with E-state index in [0.29, 0.717) is 5.56 Å². The summed E-state index contributed by atoms with van der Waals surface area (Å²) >= 11 is 0. The first-order valence-electron chi connectivity index (χ1n) is 9.30. The smallest absolute Gasteiger partial charge is 0.348 e. The molecule has 1 aromatic heterocycles. The van der Waals surface area contributed by atoms with E-state index in [9.17, 15) is 26.4 Å². The summed E-state index contributed by atoms with van der Waals surface area (Å²) < 4.78 is 64.6. The summed E-state index contributed by atoms with van der Waals surface area (Å²) in [6.45, 7) is 0.108. The molecule has 168 valence electrons. The van der Waals surface area contributed by atoms with Crippen molar-refractivity contribution in [1.29, 1.82) is 0 Å². The van der Waals surface area contributed by atoms with Crippen molar-refractivity contribution in [3.8, 4) is 0 Å². The van der Waals surface area contributed by atoms with Crippen molar-refractivity contribution in [1.82, 2.24) is 15.0 Å². The van der Waals surface area contributed by atoms with Crippen molar-refractivity contribution in [2.75, 3.05) is 12.4 Å². The van der Waals surface area contributed by atoms with E-state index in [4.69, 9.17) is 0 Å². The SMILES string of the molecule is CNS(=O)(=O)c1ccc(CNC(=O)c2cccnc2Nc2cccc(C(F)(F)F)c2)cc1. The standard InChI is InChI=1S/C21H19F3N4O3S/c1-25-32(30,31)17-9-7-14(8-10-17)13-27-20(29)18-6-3-11-26-19(18)28-16-5-2-4-15(12-16)21(22,23)24/h2-12,25H,13H2,1H3,(H,26,28)(H,27,29). The molecule has 1 heterocycles. The van der Waals surface area contributed by atoms with E-state index in [1.807, 2.05) is 0 Å². The van der Waals surface area contributed by atoms with E-state index in [1.54, 1.807) is 12.1 Å². The zero-order valence-corrected chi connectivity index (χ0v) is 17.6. The van der Waals surface area contributed by atoms with Gasteiger partial charge in [0.05, 0.1) is 16.0 Å². The second-order valence-corrected chi connectivity index (χ2v) is 8.52. The van der Waals surface area contributed by atoms with E-state index in [0.717, 1.165) is 12.1 Å². The van der Waals surface area contributed by atoms with Gasteiger partial charge in [-0.15, -0.1) is 0 Å². The highest BCUT2D eigenvalue weighted by atomic mass is 32.2. The quantitative estimate of drug-likeness (QED) is 0.495. The molecule has 0 saturated heterocycles. The fraction of sp³-hybridized carbons (Fsp3) is 0.143. The van der Waals surface area contributed by atoms with Gasteiger partial charge in [-0.05, 0) is 55.1 Å². The summed E-state index contributed by atoms with van der Waals surface area (Å²) in [6.07, 6.45) is -3.09. The lowest BCUT2D eigenvalue weighted by atomic mass is 10.1. The Labute approximate surface area is 182 Å². The number of rotatable bonds is 7. The van der Waals surface area contributed by atoms with Crippen LogP contribution < -0.4 is 15.4 Å². The van der Waals surface area contributed by atoms with Crippen LogP contribution in [0.2, 0.25) is 0 Å². The first-order chi connectivity index (χ1) is 15.1. The summed E-state index contributed by atoms with van der Waals surface area (Å²) in [6, 6.07) is 13.5. The van der Waals surface area contributed by atoms with Crippen LogP contribution in [0, 0.1) is 0 Å². The third kappa shape index (κ3) is 5.62. The summed E-state index contributed by atoms with van der Waals surface area (Å²) in [5.41, 5.74) is 0.103. The van der Waals surface area contributed by atoms with Crippen LogP contribution >= 0.6 is 0 Å². The normalized spacial score (nSPS) is 11.8. The van der Waals surface area contributed by atoms with Crippen molar-refractivity contribution < 1.29 is 26.4 Å². The number of anilines is 2. The van der Waals surface area contributed by atoms with Gasteiger partial charge in [0, 0.05) is 18.4 Å². The Hall–Kier alpha value is -3.44. The minimum Gasteiger partial charge on any atom is -0.348 e. The van der Waals surface area contributed by atoms with Crippen molar-refractivity contribution in [3.05, 3.63) is 83.6 Å². The number of carbonyl (C=O) groups is 1. The first-order valence-corrected chi connectivity index (χ1v) is 10.8. The second-order valence-electron chi connectivity index (χ2n) is 6.64. The fourth-order valence-electron chi connectivity index (χ4n) is 2.78. The van der Waals surface area contributed by atoms with Crippen LogP contribution in [-0.2, 0) is 22.7 Å². The number of amides is 1. The van der Waals surface area contributed by atoms with Gasteiger partial charge in [0.15, 0.2) is 0 Å². The van der Waals surface area contributed by atoms with Crippen LogP contribution in [0.1, 0.15) is 21.5 Å². The van der Waals surface area contributed by atoms with E-state index in [-0.39, 0.29) is 28.5 Å². The minimum absolute atomic E-state index is 0.0925. The Morgan fingerprint density at radius 3 is 2.41 bits per heavy atom. The van der Waals surface area contributed by atoms with Crippen LogP contribution in [0.5, 0.6) is 0 Å². The molecule has 0 aliphatic heterocycles. The molecular formula is C21H19F3N4O3S. The molecule has 3 aromatic rings. The molecule has 0 aliphatic carbocycles. The van der Waals surface area contributed by atoms with Crippen LogP contribution in [0.3, 0.4) is 0 Å². The molecule has 7 nitrogen and oxygen atoms in total. The average molecular weight is 464 g/mol. The number of alkyl halides is 3. The Morgan fingerprint density at radius 1 is 1.03 bits per heavy atom. The highest BCUT2D eigenvalue weighted by Gasteiger charge is 2.30. The summed E-state index contributed by atoms with van der Waals surface area (Å²) in [4.78, 5) is 16.8. The fourth-order valence-corrected chi connectivity index (χ4v) is 3.51. The predicted molar refractivity (Wildman–Crippen MR) is 113 cm³/mol. The van der Waals surface area contributed by atoms with Crippen LogP contribution in [0.15, 0.2) is 71.8 Å². The molecule has 0 radical (unpaired) electrons. The molecule has 32 heavy (non-hydrogen) atoms. The van der Waals surface area contributed by atoms with Gasteiger partial charge in [-0.25, -0.2) is 18.1 Å². The van der Waals surface area contributed by atoms with Gasteiger partial charge in [0.1, 0.15) is 5.82 Å². The summed E-state index contributed by atoms with van der Waals surface area (Å²) in [7, 11) is -2.25. The molecule has 3 N–H and O–H groups in total. The number of halogens is 3. The van der Waals surface area contributed by atoms with Gasteiger partial charge >= 0.3 is 6.18 Å². The average Bonchev–Trinajstić information content (AvgIpc) is 2.78. The lowest BCUT2D eigenvalue weighted by Crippen LogP contribution is -2.24. The zero-order chi connectivity index (χ0) is 23.4. The van der Waals surface area contributed by atoms with Gasteiger partial charge in [0.2, 0.25) is 10.0 Å². The molecule has 0 saturated carbocycles. The molecule has 11 heteroatoms. The largest absolute Gasteiger partial charge is 0.416 e. The third-order valence-corrected chi connectivity index (χ3v) is 5.89. The number of nitrogens with zero attached hydrogens (tertiary/aromatic N) is 1. The van der Waals surface area contributed by atoms with Crippen molar-refractivity contribution >= 4 is 27.4 Å². The minimum atomic E-state index is -4.50. The van der Waals surface area contributed by atoms with Crippen molar-refractivity contribution in [2.24, 2.45) is 0 Å². The second kappa shape index (κ2) is 9.37. The lowest BCUT2D eigenvalue weighted by molar-refractivity contribution is -0.137. The number of benzene rings is 2. The summed E-state index contributed by atoms with van der Waals surface area (Å²) in [5, 5.41) is 5.43. The molecule has 2 aromatic carbocycles. The zero-order valence-electron chi connectivity index (χ0n) is 16.8. The Morgan fingerprint density at radius 2 is 1.75 bits per heavy atom. The van der Waals surface area contributed by atoms with Gasteiger partial charge in [0.25, 0.3) is 5.91 Å². The number of nitrogens with one attached hydrogen (secondary N) is 3. The van der Waals surface area contributed by atoms with Crippen LogP contribution in [0.4, 0.5) is 24.7 Å². The molecular weight excluding hydrogens is 445 g/mol. The predicted octanol–water partition coefficient (Wildman–Crippen LogP) is 3.68. The molecule has 0 fully saturated rings. The molecule has 0 aliphatic rings. The maximum Gasteiger partial charge on any atom is 0.416 e. The molecule has 0 spiro atoms. The highest BCUT2D eigenvalue weighted by Crippen LogP contribution is 2.31. The maximum absolute atomic E-state index is 12.9. The molecule has 3 rings (SSSR count). The third-order valence-electron chi connectivity index (χ3n) is 4.46. The van der Waals surface area contributed by atoms with Crippen LogP contribution in [-0.4, -0.2) is 26.4 Å². The number of sulfonamides is 1. The van der Waals surface area contributed by atoms with E-state index >= 15 is 0 Å². The number of pyridine rings is 1. The number of carbonyl (C=O) groups excluding carboxylic acids is 1. The molecule has 0 unspecified atom stereocenters. The van der Waals surface area contributed by atoms with Gasteiger partial charge < -0.3 is 10.6 Å². The van der Waals surface area contributed by atoms with E-state index < -0.39 is 27.7 Å².